The van der Waals surface area contributed by atoms with Crippen LogP contribution in [0.5, 0.6) is 0 Å². The maximum Gasteiger partial charge on any atom is 0.345 e. The molecule has 0 saturated heterocycles. The molecule has 0 atom stereocenters. The third-order valence-electron chi connectivity index (χ3n) is 2.97. The highest BCUT2D eigenvalue weighted by atomic mass is 35.5. The molecular formula is C15H15ClO3. The molecule has 0 amide bonds. The van der Waals surface area contributed by atoms with Gasteiger partial charge in [0.1, 0.15) is 0 Å². The van der Waals surface area contributed by atoms with Crippen LogP contribution in [-0.2, 0) is 15.1 Å². The average Bonchev–Trinajstić information content (AvgIpc) is 2.42. The molecule has 0 radical (unpaired) electrons. The van der Waals surface area contributed by atoms with Gasteiger partial charge in [0.05, 0.1) is 0 Å². The average molecular weight is 279 g/mol. The van der Waals surface area contributed by atoms with Gasteiger partial charge < -0.3 is 9.84 Å². The summed E-state index contributed by atoms with van der Waals surface area (Å²) in [5.74, 6) is -1.03. The van der Waals surface area contributed by atoms with Crippen molar-refractivity contribution < 1.29 is 14.6 Å². The SMILES string of the molecule is COC(C(=O)O)(c1ccccc1)c1ccccc1.Cl. The topological polar surface area (TPSA) is 46.5 Å². The monoisotopic (exact) mass is 278 g/mol. The Morgan fingerprint density at radius 1 is 0.947 bits per heavy atom. The number of rotatable bonds is 4. The maximum atomic E-state index is 11.7. The lowest BCUT2D eigenvalue weighted by Gasteiger charge is -2.28. The van der Waals surface area contributed by atoms with Crippen LogP contribution in [0.4, 0.5) is 0 Å². The van der Waals surface area contributed by atoms with Crippen LogP contribution in [-0.4, -0.2) is 18.2 Å². The molecule has 0 spiro atoms. The molecule has 2 rings (SSSR count). The third-order valence-corrected chi connectivity index (χ3v) is 2.97. The molecule has 1 N–H and O–H groups in total. The normalized spacial score (nSPS) is 10.6. The first-order valence-electron chi connectivity index (χ1n) is 5.61. The van der Waals surface area contributed by atoms with Crippen molar-refractivity contribution in [2.24, 2.45) is 0 Å². The number of carboxylic acids is 1. The molecule has 4 heteroatoms. The molecule has 0 heterocycles. The zero-order valence-electron chi connectivity index (χ0n) is 10.4. The van der Waals surface area contributed by atoms with Gasteiger partial charge in [0.15, 0.2) is 0 Å². The number of carboxylic acid groups (broad SMARTS) is 1. The van der Waals surface area contributed by atoms with Gasteiger partial charge in [-0.15, -0.1) is 12.4 Å². The predicted octanol–water partition coefficient (Wildman–Crippen LogP) is 3.08. The highest BCUT2D eigenvalue weighted by molar-refractivity contribution is 5.85. The van der Waals surface area contributed by atoms with Gasteiger partial charge in [0.2, 0.25) is 5.60 Å². The second kappa shape index (κ2) is 6.36. The second-order valence-electron chi connectivity index (χ2n) is 3.92. The quantitative estimate of drug-likeness (QED) is 0.935. The summed E-state index contributed by atoms with van der Waals surface area (Å²) < 4.78 is 5.37. The first-order valence-corrected chi connectivity index (χ1v) is 5.61. The summed E-state index contributed by atoms with van der Waals surface area (Å²) in [4.78, 5) is 11.7. The Morgan fingerprint density at radius 2 is 1.32 bits per heavy atom. The molecule has 3 nitrogen and oxygen atoms in total. The summed E-state index contributed by atoms with van der Waals surface area (Å²) in [7, 11) is 1.41. The molecule has 0 bridgehead atoms. The fourth-order valence-corrected chi connectivity index (χ4v) is 2.08. The van der Waals surface area contributed by atoms with Crippen LogP contribution < -0.4 is 0 Å². The molecule has 2 aromatic rings. The van der Waals surface area contributed by atoms with Gasteiger partial charge in [0, 0.05) is 7.11 Å². The summed E-state index contributed by atoms with van der Waals surface area (Å²) in [6, 6.07) is 17.9. The van der Waals surface area contributed by atoms with E-state index in [0.29, 0.717) is 11.1 Å². The number of aliphatic carboxylic acids is 1. The van der Waals surface area contributed by atoms with Crippen molar-refractivity contribution in [1.82, 2.24) is 0 Å². The number of methoxy groups -OCH3 is 1. The molecular weight excluding hydrogens is 264 g/mol. The molecule has 0 aliphatic rings. The zero-order chi connectivity index (χ0) is 13.0. The van der Waals surface area contributed by atoms with Gasteiger partial charge in [-0.25, -0.2) is 4.79 Å². The highest BCUT2D eigenvalue weighted by Gasteiger charge is 2.42. The first kappa shape index (κ1) is 15.2. The minimum absolute atomic E-state index is 0. The van der Waals surface area contributed by atoms with Gasteiger partial charge in [-0.2, -0.15) is 0 Å². The molecule has 0 saturated carbocycles. The van der Waals surface area contributed by atoms with Gasteiger partial charge in [-0.3, -0.25) is 0 Å². The second-order valence-corrected chi connectivity index (χ2v) is 3.92. The van der Waals surface area contributed by atoms with Crippen LogP contribution in [0.15, 0.2) is 60.7 Å². The number of carbonyl (C=O) groups is 1. The lowest BCUT2D eigenvalue weighted by molar-refractivity contribution is -0.158. The first-order chi connectivity index (χ1) is 8.71. The summed E-state index contributed by atoms with van der Waals surface area (Å²) in [5, 5.41) is 9.61. The Balaban J connectivity index is 0.00000180. The van der Waals surface area contributed by atoms with Crippen LogP contribution in [0.3, 0.4) is 0 Å². The van der Waals surface area contributed by atoms with Crippen molar-refractivity contribution in [2.75, 3.05) is 7.11 Å². The van der Waals surface area contributed by atoms with E-state index >= 15 is 0 Å². The molecule has 2 aromatic carbocycles. The Labute approximate surface area is 118 Å². The summed E-state index contributed by atoms with van der Waals surface area (Å²) >= 11 is 0. The van der Waals surface area contributed by atoms with Crippen molar-refractivity contribution in [1.29, 1.82) is 0 Å². The maximum absolute atomic E-state index is 11.7. The van der Waals surface area contributed by atoms with E-state index in [9.17, 15) is 9.90 Å². The standard InChI is InChI=1S/C15H14O3.ClH/c1-18-15(14(16)17,12-8-4-2-5-9-12)13-10-6-3-7-11-13;/h2-11H,1H3,(H,16,17);1H. The smallest absolute Gasteiger partial charge is 0.345 e. The van der Waals surface area contributed by atoms with Crippen molar-refractivity contribution >= 4 is 18.4 Å². The van der Waals surface area contributed by atoms with E-state index in [1.165, 1.54) is 7.11 Å². The minimum Gasteiger partial charge on any atom is -0.479 e. The highest BCUT2D eigenvalue weighted by Crippen LogP contribution is 2.33. The van der Waals surface area contributed by atoms with E-state index in [0.717, 1.165) is 0 Å². The Bertz CT molecular complexity index is 486. The molecule has 0 aliphatic carbocycles. The fraction of sp³-hybridized carbons (Fsp3) is 0.133. The van der Waals surface area contributed by atoms with Crippen molar-refractivity contribution in [2.45, 2.75) is 5.60 Å². The number of halogens is 1. The van der Waals surface area contributed by atoms with Crippen molar-refractivity contribution in [3.05, 3.63) is 71.8 Å². The van der Waals surface area contributed by atoms with Crippen LogP contribution in [0, 0.1) is 0 Å². The third kappa shape index (κ3) is 2.62. The molecule has 0 fully saturated rings. The van der Waals surface area contributed by atoms with Gasteiger partial charge in [0.25, 0.3) is 0 Å². The van der Waals surface area contributed by atoms with E-state index in [2.05, 4.69) is 0 Å². The summed E-state index contributed by atoms with van der Waals surface area (Å²) in [5.41, 5.74) is -0.250. The van der Waals surface area contributed by atoms with E-state index in [-0.39, 0.29) is 12.4 Å². The fourth-order valence-electron chi connectivity index (χ4n) is 2.08. The molecule has 0 aliphatic heterocycles. The van der Waals surface area contributed by atoms with Crippen LogP contribution in [0.2, 0.25) is 0 Å². The zero-order valence-corrected chi connectivity index (χ0v) is 11.3. The van der Waals surface area contributed by atoms with Crippen molar-refractivity contribution in [3.63, 3.8) is 0 Å². The summed E-state index contributed by atoms with van der Waals surface area (Å²) in [6.45, 7) is 0. The van der Waals surface area contributed by atoms with Crippen molar-refractivity contribution in [3.8, 4) is 0 Å². The van der Waals surface area contributed by atoms with E-state index < -0.39 is 11.6 Å². The van der Waals surface area contributed by atoms with Gasteiger partial charge in [-0.1, -0.05) is 60.7 Å². The van der Waals surface area contributed by atoms with Gasteiger partial charge in [-0.05, 0) is 11.1 Å². The lowest BCUT2D eigenvalue weighted by atomic mass is 9.86. The predicted molar refractivity (Wildman–Crippen MR) is 75.6 cm³/mol. The minimum atomic E-state index is -1.46. The van der Waals surface area contributed by atoms with Crippen LogP contribution in [0.1, 0.15) is 11.1 Å². The molecule has 100 valence electrons. The van der Waals surface area contributed by atoms with E-state index in [1.807, 2.05) is 12.1 Å². The Kier molecular flexibility index (Phi) is 5.10. The Hall–Kier alpha value is -1.84. The number of ether oxygens (including phenoxy) is 1. The molecule has 0 aromatic heterocycles. The molecule has 0 unspecified atom stereocenters. The summed E-state index contributed by atoms with van der Waals surface area (Å²) in [6.07, 6.45) is 0. The lowest BCUT2D eigenvalue weighted by Crippen LogP contribution is -2.38. The van der Waals surface area contributed by atoms with E-state index in [4.69, 9.17) is 4.74 Å². The van der Waals surface area contributed by atoms with E-state index in [1.54, 1.807) is 48.5 Å². The Morgan fingerprint density at radius 3 is 1.58 bits per heavy atom. The number of hydrogen-bond acceptors (Lipinski definition) is 2. The van der Waals surface area contributed by atoms with Crippen LogP contribution in [0.25, 0.3) is 0 Å². The van der Waals surface area contributed by atoms with Crippen LogP contribution >= 0.6 is 12.4 Å². The number of hydrogen-bond donors (Lipinski definition) is 1. The number of benzene rings is 2. The molecule has 19 heavy (non-hydrogen) atoms. The largest absolute Gasteiger partial charge is 0.479 e. The van der Waals surface area contributed by atoms with Gasteiger partial charge >= 0.3 is 5.97 Å².